The molecule has 0 N–H and O–H groups in total. The number of hydrogen-bond acceptors (Lipinski definition) is 2. The fraction of sp³-hybridized carbons (Fsp3) is 0.161. The van der Waals surface area contributed by atoms with Crippen LogP contribution in [-0.4, -0.2) is 28.2 Å². The third-order valence-electron chi connectivity index (χ3n) is 7.31. The number of fused-ring (bicyclic) bond motifs is 9. The number of anilines is 2. The van der Waals surface area contributed by atoms with E-state index in [-0.39, 0.29) is 5.41 Å². The van der Waals surface area contributed by atoms with Crippen molar-refractivity contribution in [1.29, 1.82) is 0 Å². The van der Waals surface area contributed by atoms with E-state index in [0.717, 1.165) is 0 Å². The number of benzene rings is 4. The molecule has 2 aliphatic rings. The molecule has 4 aromatic rings. The average Bonchev–Trinajstić information content (AvgIpc) is 3.04. The Hall–Kier alpha value is -3.78. The number of hydrogen-bond donors (Lipinski definition) is 0. The van der Waals surface area contributed by atoms with Crippen molar-refractivity contribution < 1.29 is 0 Å². The molecule has 0 unspecified atom stereocenters. The van der Waals surface area contributed by atoms with Crippen LogP contribution in [0.5, 0.6) is 0 Å². The summed E-state index contributed by atoms with van der Waals surface area (Å²) in [7, 11) is 8.48. The zero-order valence-electron chi connectivity index (χ0n) is 19.6. The third-order valence-corrected chi connectivity index (χ3v) is 7.31. The molecule has 162 valence electrons. The maximum atomic E-state index is 2.40. The second-order valence-corrected chi connectivity index (χ2v) is 9.51. The van der Waals surface area contributed by atoms with Crippen molar-refractivity contribution in [1.82, 2.24) is 0 Å². The van der Waals surface area contributed by atoms with Crippen molar-refractivity contribution in [2.75, 3.05) is 38.0 Å². The van der Waals surface area contributed by atoms with Crippen LogP contribution in [0, 0.1) is 0 Å². The van der Waals surface area contributed by atoms with Crippen LogP contribution in [-0.2, 0) is 5.41 Å². The minimum atomic E-state index is -0.376. The van der Waals surface area contributed by atoms with Crippen LogP contribution in [0.4, 0.5) is 11.4 Å². The molecule has 4 aromatic carbocycles. The van der Waals surface area contributed by atoms with Crippen LogP contribution in [0.2, 0.25) is 0 Å². The van der Waals surface area contributed by atoms with E-state index in [2.05, 4.69) is 135 Å². The van der Waals surface area contributed by atoms with Gasteiger partial charge in [-0.05, 0) is 68.8 Å². The smallest absolute Gasteiger partial charge is 0.0726 e. The van der Waals surface area contributed by atoms with Crippen LogP contribution < -0.4 is 9.80 Å². The molecule has 0 aromatic heterocycles. The predicted molar refractivity (Wildman–Crippen MR) is 141 cm³/mol. The Kier molecular flexibility index (Phi) is 4.28. The Bertz CT molecular complexity index is 1320. The van der Waals surface area contributed by atoms with Gasteiger partial charge in [0.25, 0.3) is 0 Å². The maximum Gasteiger partial charge on any atom is 0.0726 e. The molecule has 2 heteroatoms. The summed E-state index contributed by atoms with van der Waals surface area (Å²) in [6, 6.07) is 31.8. The lowest BCUT2D eigenvalue weighted by molar-refractivity contribution is 0.765. The van der Waals surface area contributed by atoms with E-state index < -0.39 is 0 Å². The Morgan fingerprint density at radius 2 is 0.909 bits per heavy atom. The van der Waals surface area contributed by atoms with Gasteiger partial charge in [0.1, 0.15) is 0 Å². The number of nitrogens with zero attached hydrogens (tertiary/aromatic N) is 2. The molecular formula is C31H28N2. The minimum Gasteiger partial charge on any atom is -0.378 e. The summed E-state index contributed by atoms with van der Waals surface area (Å²) in [5.41, 5.74) is 12.7. The van der Waals surface area contributed by atoms with E-state index >= 15 is 0 Å². The number of rotatable bonds is 2. The van der Waals surface area contributed by atoms with Crippen molar-refractivity contribution in [2.45, 2.75) is 5.41 Å². The zero-order valence-corrected chi connectivity index (χ0v) is 19.6. The Morgan fingerprint density at radius 1 is 0.485 bits per heavy atom. The predicted octanol–water partition coefficient (Wildman–Crippen LogP) is 6.67. The third kappa shape index (κ3) is 2.67. The first-order chi connectivity index (χ1) is 16.0. The standard InChI is InChI=1S/C31H28N2/c1-32(2)23-17-15-21-13-14-22-16-18-24(33(3)4)20-30(22)31(29(21)19-23)27-11-7-5-9-25(27)26-10-6-8-12-28(26)31/h5-20H,1-4H3. The van der Waals surface area contributed by atoms with Crippen molar-refractivity contribution in [3.05, 3.63) is 118 Å². The van der Waals surface area contributed by atoms with E-state index in [4.69, 9.17) is 0 Å². The molecule has 0 amide bonds. The van der Waals surface area contributed by atoms with Gasteiger partial charge in [-0.25, -0.2) is 0 Å². The van der Waals surface area contributed by atoms with Gasteiger partial charge in [0.2, 0.25) is 0 Å². The molecule has 6 rings (SSSR count). The second kappa shape index (κ2) is 7.11. The Balaban J connectivity index is 1.84. The Morgan fingerprint density at radius 3 is 1.33 bits per heavy atom. The van der Waals surface area contributed by atoms with Gasteiger partial charge in [-0.3, -0.25) is 0 Å². The van der Waals surface area contributed by atoms with Crippen LogP contribution in [0.15, 0.2) is 84.9 Å². The first kappa shape index (κ1) is 19.9. The van der Waals surface area contributed by atoms with Gasteiger partial charge in [-0.1, -0.05) is 72.8 Å². The van der Waals surface area contributed by atoms with E-state index in [9.17, 15) is 0 Å². The lowest BCUT2D eigenvalue weighted by Crippen LogP contribution is -2.30. The highest BCUT2D eigenvalue weighted by Crippen LogP contribution is 2.59. The highest BCUT2D eigenvalue weighted by molar-refractivity contribution is 5.92. The fourth-order valence-electron chi connectivity index (χ4n) is 5.73. The van der Waals surface area contributed by atoms with E-state index in [1.54, 1.807) is 0 Å². The molecule has 2 nitrogen and oxygen atoms in total. The van der Waals surface area contributed by atoms with Gasteiger partial charge in [-0.2, -0.15) is 0 Å². The summed E-state index contributed by atoms with van der Waals surface area (Å²) in [6.07, 6.45) is 4.59. The van der Waals surface area contributed by atoms with E-state index in [0.29, 0.717) is 0 Å². The van der Waals surface area contributed by atoms with Crippen LogP contribution in [0.3, 0.4) is 0 Å². The van der Waals surface area contributed by atoms with Crippen molar-refractivity contribution in [3.63, 3.8) is 0 Å². The molecule has 2 aliphatic carbocycles. The van der Waals surface area contributed by atoms with E-state index in [1.165, 1.54) is 55.9 Å². The topological polar surface area (TPSA) is 6.48 Å². The Labute approximate surface area is 196 Å². The molecule has 0 heterocycles. The zero-order chi connectivity index (χ0) is 22.7. The van der Waals surface area contributed by atoms with Gasteiger partial charge < -0.3 is 9.80 Å². The molecular weight excluding hydrogens is 400 g/mol. The highest BCUT2D eigenvalue weighted by Gasteiger charge is 2.48. The summed E-state index contributed by atoms with van der Waals surface area (Å²) in [5.74, 6) is 0. The fourth-order valence-corrected chi connectivity index (χ4v) is 5.73. The summed E-state index contributed by atoms with van der Waals surface area (Å²) in [5, 5.41) is 0. The van der Waals surface area contributed by atoms with Crippen molar-refractivity contribution in [3.8, 4) is 11.1 Å². The van der Waals surface area contributed by atoms with Crippen molar-refractivity contribution in [2.24, 2.45) is 0 Å². The largest absolute Gasteiger partial charge is 0.378 e. The van der Waals surface area contributed by atoms with Gasteiger partial charge in [0.15, 0.2) is 0 Å². The van der Waals surface area contributed by atoms with Gasteiger partial charge in [0.05, 0.1) is 5.41 Å². The normalized spacial score (nSPS) is 14.2. The molecule has 0 radical (unpaired) electrons. The molecule has 0 aliphatic heterocycles. The van der Waals surface area contributed by atoms with Gasteiger partial charge in [-0.15, -0.1) is 0 Å². The average molecular weight is 429 g/mol. The lowest BCUT2D eigenvalue weighted by atomic mass is 9.66. The van der Waals surface area contributed by atoms with Gasteiger partial charge in [0, 0.05) is 39.6 Å². The first-order valence-electron chi connectivity index (χ1n) is 11.5. The van der Waals surface area contributed by atoms with Crippen molar-refractivity contribution >= 4 is 23.5 Å². The molecule has 0 bridgehead atoms. The van der Waals surface area contributed by atoms with E-state index in [1.807, 2.05) is 0 Å². The quantitative estimate of drug-likeness (QED) is 0.304. The summed E-state index contributed by atoms with van der Waals surface area (Å²) >= 11 is 0. The minimum absolute atomic E-state index is 0.376. The highest BCUT2D eigenvalue weighted by atomic mass is 15.1. The summed E-state index contributed by atoms with van der Waals surface area (Å²) in [6.45, 7) is 0. The monoisotopic (exact) mass is 428 g/mol. The maximum absolute atomic E-state index is 2.40. The SMILES string of the molecule is CN(C)c1ccc2c(c1)C1(c3cc(N(C)C)ccc3C=C2)c2ccccc2-c2ccccc21. The van der Waals surface area contributed by atoms with Gasteiger partial charge >= 0.3 is 0 Å². The first-order valence-corrected chi connectivity index (χ1v) is 11.5. The molecule has 0 saturated carbocycles. The second-order valence-electron chi connectivity index (χ2n) is 9.51. The van der Waals surface area contributed by atoms with Crippen LogP contribution in [0.25, 0.3) is 23.3 Å². The molecule has 0 atom stereocenters. The molecule has 0 fully saturated rings. The summed E-state index contributed by atoms with van der Waals surface area (Å²) in [4.78, 5) is 4.40. The van der Waals surface area contributed by atoms with Crippen LogP contribution in [0.1, 0.15) is 33.4 Å². The molecule has 1 spiro atoms. The lowest BCUT2D eigenvalue weighted by Gasteiger charge is -2.36. The molecule has 33 heavy (non-hydrogen) atoms. The summed E-state index contributed by atoms with van der Waals surface area (Å²) < 4.78 is 0. The van der Waals surface area contributed by atoms with Crippen LogP contribution >= 0.6 is 0 Å². The molecule has 0 saturated heterocycles.